The van der Waals surface area contributed by atoms with Gasteiger partial charge in [0.1, 0.15) is 11.5 Å². The van der Waals surface area contributed by atoms with Crippen LogP contribution in [0.2, 0.25) is 0 Å². The van der Waals surface area contributed by atoms with Crippen LogP contribution in [-0.4, -0.2) is 12.2 Å². The van der Waals surface area contributed by atoms with Crippen molar-refractivity contribution < 1.29 is 9.84 Å². The maximum Gasteiger partial charge on any atom is 0.121 e. The molecule has 3 rings (SSSR count). The molecule has 0 saturated heterocycles. The summed E-state index contributed by atoms with van der Waals surface area (Å²) in [5.74, 6) is 1.70. The molecular weight excluding hydrogens is 262 g/mol. The predicted octanol–water partition coefficient (Wildman–Crippen LogP) is 4.37. The molecule has 0 aromatic heterocycles. The molecule has 3 heteroatoms. The number of phenolic OH excluding ortho intramolecular Hbond substituents is 1. The summed E-state index contributed by atoms with van der Waals surface area (Å²) in [5.41, 5.74) is 4.65. The fourth-order valence-corrected chi connectivity index (χ4v) is 3.36. The van der Waals surface area contributed by atoms with Crippen molar-refractivity contribution in [3.63, 3.8) is 0 Å². The topological polar surface area (TPSA) is 41.5 Å². The summed E-state index contributed by atoms with van der Waals surface area (Å²) in [6, 6.07) is 11.9. The van der Waals surface area contributed by atoms with Gasteiger partial charge in [-0.1, -0.05) is 13.0 Å². The Morgan fingerprint density at radius 1 is 1.10 bits per heavy atom. The van der Waals surface area contributed by atoms with Crippen LogP contribution < -0.4 is 10.1 Å². The normalized spacial score (nSPS) is 20.1. The van der Waals surface area contributed by atoms with Crippen LogP contribution in [0.5, 0.6) is 11.5 Å². The number of benzene rings is 2. The van der Waals surface area contributed by atoms with E-state index in [9.17, 15) is 5.11 Å². The molecule has 2 atom stereocenters. The summed E-state index contributed by atoms with van der Waals surface area (Å²) in [4.78, 5) is 0. The van der Waals surface area contributed by atoms with Crippen LogP contribution >= 0.6 is 0 Å². The van der Waals surface area contributed by atoms with E-state index in [1.54, 1.807) is 13.2 Å². The lowest BCUT2D eigenvalue weighted by Gasteiger charge is -2.17. The fraction of sp³-hybridized carbons (Fsp3) is 0.333. The van der Waals surface area contributed by atoms with Crippen LogP contribution in [0.1, 0.15) is 42.0 Å². The predicted molar refractivity (Wildman–Crippen MR) is 85.2 cm³/mol. The molecule has 2 aromatic carbocycles. The lowest BCUT2D eigenvalue weighted by atomic mass is 9.97. The van der Waals surface area contributed by atoms with Crippen molar-refractivity contribution in [2.24, 2.45) is 0 Å². The molecule has 110 valence electrons. The van der Waals surface area contributed by atoms with Crippen molar-refractivity contribution >= 4 is 5.69 Å². The average molecular weight is 283 g/mol. The molecule has 0 heterocycles. The number of phenols is 1. The lowest BCUT2D eigenvalue weighted by molar-refractivity contribution is 0.415. The van der Waals surface area contributed by atoms with Crippen LogP contribution in [0.3, 0.4) is 0 Å². The molecule has 21 heavy (non-hydrogen) atoms. The number of rotatable bonds is 3. The summed E-state index contributed by atoms with van der Waals surface area (Å²) in [7, 11) is 1.66. The molecule has 1 aliphatic rings. The summed E-state index contributed by atoms with van der Waals surface area (Å²) in [6.45, 7) is 4.34. The van der Waals surface area contributed by atoms with Crippen LogP contribution in [0.25, 0.3) is 0 Å². The second kappa shape index (κ2) is 5.32. The number of nitrogens with one attached hydrogen (secondary N) is 1. The van der Waals surface area contributed by atoms with E-state index >= 15 is 0 Å². The van der Waals surface area contributed by atoms with Gasteiger partial charge < -0.3 is 15.2 Å². The number of ether oxygens (including phenoxy) is 1. The summed E-state index contributed by atoms with van der Waals surface area (Å²) in [6.07, 6.45) is 1.000. The highest BCUT2D eigenvalue weighted by atomic mass is 16.5. The second-order valence-corrected chi connectivity index (χ2v) is 5.79. The minimum atomic E-state index is 0.156. The van der Waals surface area contributed by atoms with Crippen molar-refractivity contribution in [2.45, 2.75) is 32.2 Å². The van der Waals surface area contributed by atoms with Gasteiger partial charge in [0.25, 0.3) is 0 Å². The van der Waals surface area contributed by atoms with Crippen LogP contribution in [0, 0.1) is 6.92 Å². The number of aryl methyl sites for hydroxylation is 1. The van der Waals surface area contributed by atoms with Crippen LogP contribution in [0.4, 0.5) is 5.69 Å². The number of fused-ring (bicyclic) bond motifs is 1. The van der Waals surface area contributed by atoms with E-state index in [2.05, 4.69) is 19.2 Å². The first-order valence-electron chi connectivity index (χ1n) is 7.33. The minimum absolute atomic E-state index is 0.156. The third-order valence-corrected chi connectivity index (χ3v) is 4.34. The Morgan fingerprint density at radius 2 is 1.81 bits per heavy atom. The Hall–Kier alpha value is -2.16. The Kier molecular flexibility index (Phi) is 3.50. The maximum atomic E-state index is 10.2. The Labute approximate surface area is 125 Å². The van der Waals surface area contributed by atoms with E-state index in [0.29, 0.717) is 11.7 Å². The molecule has 2 N–H and O–H groups in total. The molecule has 0 spiro atoms. The van der Waals surface area contributed by atoms with Gasteiger partial charge in [-0.05, 0) is 60.7 Å². The zero-order valence-corrected chi connectivity index (χ0v) is 12.7. The van der Waals surface area contributed by atoms with Gasteiger partial charge >= 0.3 is 0 Å². The fourth-order valence-electron chi connectivity index (χ4n) is 3.36. The molecule has 1 aliphatic carbocycles. The van der Waals surface area contributed by atoms with Gasteiger partial charge in [0.15, 0.2) is 0 Å². The van der Waals surface area contributed by atoms with E-state index in [1.807, 2.05) is 30.3 Å². The molecule has 0 radical (unpaired) electrons. The van der Waals surface area contributed by atoms with Gasteiger partial charge in [0.05, 0.1) is 13.2 Å². The maximum absolute atomic E-state index is 10.2. The lowest BCUT2D eigenvalue weighted by Crippen LogP contribution is -2.07. The summed E-state index contributed by atoms with van der Waals surface area (Å²) < 4.78 is 5.18. The minimum Gasteiger partial charge on any atom is -0.508 e. The largest absolute Gasteiger partial charge is 0.508 e. The van der Waals surface area contributed by atoms with E-state index in [-0.39, 0.29) is 6.04 Å². The monoisotopic (exact) mass is 283 g/mol. The molecule has 3 nitrogen and oxygen atoms in total. The standard InChI is InChI=1S/C18H21NO2/c1-11-4-9-16(20)18-15(10-12(2)17(11)18)19-13-5-7-14(21-3)8-6-13/h4-9,12,15,19-20H,10H2,1-3H3. The van der Waals surface area contributed by atoms with Crippen molar-refractivity contribution in [2.75, 3.05) is 12.4 Å². The highest BCUT2D eigenvalue weighted by Crippen LogP contribution is 2.47. The Morgan fingerprint density at radius 3 is 2.48 bits per heavy atom. The number of anilines is 1. The van der Waals surface area contributed by atoms with Gasteiger partial charge in [-0.25, -0.2) is 0 Å². The third-order valence-electron chi connectivity index (χ3n) is 4.34. The molecule has 0 aliphatic heterocycles. The Bertz CT molecular complexity index is 649. The van der Waals surface area contributed by atoms with Gasteiger partial charge in [0, 0.05) is 11.3 Å². The third kappa shape index (κ3) is 2.44. The van der Waals surface area contributed by atoms with E-state index in [1.165, 1.54) is 11.1 Å². The van der Waals surface area contributed by atoms with E-state index in [0.717, 1.165) is 23.4 Å². The first-order chi connectivity index (χ1) is 10.1. The van der Waals surface area contributed by atoms with Gasteiger partial charge in [-0.15, -0.1) is 0 Å². The van der Waals surface area contributed by atoms with Gasteiger partial charge in [-0.3, -0.25) is 0 Å². The first kappa shape index (κ1) is 13.8. The molecule has 0 bridgehead atoms. The van der Waals surface area contributed by atoms with E-state index in [4.69, 9.17) is 4.74 Å². The molecule has 2 aromatic rings. The molecule has 0 saturated carbocycles. The highest BCUT2D eigenvalue weighted by molar-refractivity contribution is 5.56. The molecule has 0 fully saturated rings. The first-order valence-corrected chi connectivity index (χ1v) is 7.33. The van der Waals surface area contributed by atoms with Crippen molar-refractivity contribution in [3.8, 4) is 11.5 Å². The number of hydrogen-bond donors (Lipinski definition) is 2. The quantitative estimate of drug-likeness (QED) is 0.879. The van der Waals surface area contributed by atoms with E-state index < -0.39 is 0 Å². The van der Waals surface area contributed by atoms with Gasteiger partial charge in [-0.2, -0.15) is 0 Å². The summed E-state index contributed by atoms with van der Waals surface area (Å²) >= 11 is 0. The Balaban J connectivity index is 1.90. The zero-order valence-electron chi connectivity index (χ0n) is 12.7. The second-order valence-electron chi connectivity index (χ2n) is 5.79. The highest BCUT2D eigenvalue weighted by Gasteiger charge is 2.32. The van der Waals surface area contributed by atoms with Crippen molar-refractivity contribution in [1.82, 2.24) is 0 Å². The SMILES string of the molecule is COc1ccc(NC2CC(C)c3c(C)ccc(O)c32)cc1. The van der Waals surface area contributed by atoms with Crippen molar-refractivity contribution in [3.05, 3.63) is 53.1 Å². The summed E-state index contributed by atoms with van der Waals surface area (Å²) in [5, 5.41) is 13.8. The number of methoxy groups -OCH3 is 1. The number of hydrogen-bond acceptors (Lipinski definition) is 3. The van der Waals surface area contributed by atoms with Crippen LogP contribution in [-0.2, 0) is 0 Å². The van der Waals surface area contributed by atoms with Gasteiger partial charge in [0.2, 0.25) is 0 Å². The average Bonchev–Trinajstić information content (AvgIpc) is 2.81. The molecular formula is C18H21NO2. The molecule has 0 amide bonds. The van der Waals surface area contributed by atoms with Crippen LogP contribution in [0.15, 0.2) is 36.4 Å². The number of aromatic hydroxyl groups is 1. The zero-order chi connectivity index (χ0) is 15.0. The smallest absolute Gasteiger partial charge is 0.121 e. The van der Waals surface area contributed by atoms with Crippen molar-refractivity contribution in [1.29, 1.82) is 0 Å². The molecule has 2 unspecified atom stereocenters.